The smallest absolute Gasteiger partial charge is 0.191 e. The Hall–Kier alpha value is -1.29. The Kier molecular flexibility index (Phi) is 4.81. The van der Waals surface area contributed by atoms with Gasteiger partial charge in [-0.25, -0.2) is 4.99 Å². The fourth-order valence-electron chi connectivity index (χ4n) is 2.06. The van der Waals surface area contributed by atoms with Crippen LogP contribution in [0.5, 0.6) is 0 Å². The summed E-state index contributed by atoms with van der Waals surface area (Å²) in [5, 5.41) is 0.642. The van der Waals surface area contributed by atoms with Gasteiger partial charge in [0.2, 0.25) is 0 Å². The molecule has 0 amide bonds. The van der Waals surface area contributed by atoms with Crippen LogP contribution in [0, 0.1) is 0 Å². The molecule has 0 atom stereocenters. The Morgan fingerprint density at radius 1 is 1.28 bits per heavy atom. The molecule has 1 aromatic rings. The normalized spacial score (nSPS) is 17.6. The van der Waals surface area contributed by atoms with Gasteiger partial charge in [-0.05, 0) is 25.0 Å². The molecule has 1 saturated heterocycles. The maximum atomic E-state index is 6.02. The molecular formula is C13H19ClN4. The monoisotopic (exact) mass is 266 g/mol. The minimum absolute atomic E-state index is 0.513. The van der Waals surface area contributed by atoms with Crippen molar-refractivity contribution < 1.29 is 0 Å². The first-order valence-corrected chi connectivity index (χ1v) is 6.79. The predicted octanol–water partition coefficient (Wildman–Crippen LogP) is 2.43. The molecule has 0 unspecified atom stereocenters. The van der Waals surface area contributed by atoms with Gasteiger partial charge in [-0.3, -0.25) is 4.98 Å². The second-order valence-corrected chi connectivity index (χ2v) is 4.98. The first-order chi connectivity index (χ1) is 8.75. The maximum Gasteiger partial charge on any atom is 0.191 e. The third-order valence-corrected chi connectivity index (χ3v) is 3.35. The molecule has 2 rings (SSSR count). The zero-order valence-electron chi connectivity index (χ0n) is 10.5. The molecule has 0 aliphatic carbocycles. The Morgan fingerprint density at radius 2 is 2.00 bits per heavy atom. The number of aliphatic imine (C=N–C) groups is 1. The van der Waals surface area contributed by atoms with Gasteiger partial charge in [0.15, 0.2) is 5.96 Å². The van der Waals surface area contributed by atoms with Crippen molar-refractivity contribution in [2.24, 2.45) is 10.7 Å². The van der Waals surface area contributed by atoms with Crippen LogP contribution >= 0.6 is 11.6 Å². The summed E-state index contributed by atoms with van der Waals surface area (Å²) >= 11 is 5.78. The van der Waals surface area contributed by atoms with Crippen LogP contribution in [0.1, 0.15) is 31.4 Å². The van der Waals surface area contributed by atoms with E-state index in [0.717, 1.165) is 18.8 Å². The molecule has 2 N–H and O–H groups in total. The molecule has 0 spiro atoms. The van der Waals surface area contributed by atoms with Crippen LogP contribution in [0.2, 0.25) is 5.02 Å². The molecule has 2 heterocycles. The largest absolute Gasteiger partial charge is 0.370 e. The van der Waals surface area contributed by atoms with E-state index in [-0.39, 0.29) is 0 Å². The lowest BCUT2D eigenvalue weighted by molar-refractivity contribution is 0.428. The van der Waals surface area contributed by atoms with E-state index in [1.807, 2.05) is 12.1 Å². The summed E-state index contributed by atoms with van der Waals surface area (Å²) < 4.78 is 0. The van der Waals surface area contributed by atoms with Gasteiger partial charge in [0.05, 0.1) is 17.3 Å². The van der Waals surface area contributed by atoms with Crippen molar-refractivity contribution in [2.75, 3.05) is 13.1 Å². The molecule has 0 saturated carbocycles. The molecule has 0 aromatic carbocycles. The molecule has 0 bridgehead atoms. The quantitative estimate of drug-likeness (QED) is 0.661. The van der Waals surface area contributed by atoms with Crippen molar-refractivity contribution in [3.05, 3.63) is 29.0 Å². The summed E-state index contributed by atoms with van der Waals surface area (Å²) in [6.45, 7) is 2.55. The molecule has 18 heavy (non-hydrogen) atoms. The second-order valence-electron chi connectivity index (χ2n) is 4.54. The van der Waals surface area contributed by atoms with Crippen molar-refractivity contribution in [3.8, 4) is 0 Å². The van der Waals surface area contributed by atoms with Gasteiger partial charge in [-0.15, -0.1) is 0 Å². The lowest BCUT2D eigenvalue weighted by atomic mass is 10.2. The molecule has 4 nitrogen and oxygen atoms in total. The van der Waals surface area contributed by atoms with E-state index in [1.165, 1.54) is 25.7 Å². The SMILES string of the molecule is NC(=NCc1ccc(Cl)cn1)N1CCCCCC1. The summed E-state index contributed by atoms with van der Waals surface area (Å²) in [7, 11) is 0. The Bertz CT molecular complexity index is 394. The van der Waals surface area contributed by atoms with E-state index < -0.39 is 0 Å². The minimum Gasteiger partial charge on any atom is -0.370 e. The average Bonchev–Trinajstić information content (AvgIpc) is 2.66. The third kappa shape index (κ3) is 3.88. The fraction of sp³-hybridized carbons (Fsp3) is 0.538. The van der Waals surface area contributed by atoms with Gasteiger partial charge in [0, 0.05) is 19.3 Å². The van der Waals surface area contributed by atoms with Crippen LogP contribution < -0.4 is 5.73 Å². The van der Waals surface area contributed by atoms with Crippen molar-refractivity contribution in [2.45, 2.75) is 32.2 Å². The standard InChI is InChI=1S/C13H19ClN4/c14-11-5-6-12(16-9-11)10-17-13(15)18-7-3-1-2-4-8-18/h5-6,9H,1-4,7-8,10H2,(H2,15,17). The number of nitrogens with two attached hydrogens (primary N) is 1. The minimum atomic E-state index is 0.513. The van der Waals surface area contributed by atoms with E-state index in [9.17, 15) is 0 Å². The van der Waals surface area contributed by atoms with Crippen molar-refractivity contribution in [3.63, 3.8) is 0 Å². The number of hydrogen-bond acceptors (Lipinski definition) is 2. The van der Waals surface area contributed by atoms with Crippen LogP contribution in [0.25, 0.3) is 0 Å². The Morgan fingerprint density at radius 3 is 2.61 bits per heavy atom. The summed E-state index contributed by atoms with van der Waals surface area (Å²) in [5.74, 6) is 0.633. The lowest BCUT2D eigenvalue weighted by Gasteiger charge is -2.20. The van der Waals surface area contributed by atoms with E-state index >= 15 is 0 Å². The highest BCUT2D eigenvalue weighted by atomic mass is 35.5. The number of pyridine rings is 1. The first-order valence-electron chi connectivity index (χ1n) is 6.41. The summed E-state index contributed by atoms with van der Waals surface area (Å²) in [5.41, 5.74) is 6.90. The van der Waals surface area contributed by atoms with Crippen molar-refractivity contribution in [1.29, 1.82) is 0 Å². The summed E-state index contributed by atoms with van der Waals surface area (Å²) in [4.78, 5) is 10.8. The third-order valence-electron chi connectivity index (χ3n) is 3.12. The fourth-order valence-corrected chi connectivity index (χ4v) is 2.17. The molecular weight excluding hydrogens is 248 g/mol. The highest BCUT2D eigenvalue weighted by Gasteiger charge is 2.10. The number of rotatable bonds is 2. The van der Waals surface area contributed by atoms with E-state index in [1.54, 1.807) is 6.20 Å². The van der Waals surface area contributed by atoms with E-state index in [4.69, 9.17) is 17.3 Å². The second kappa shape index (κ2) is 6.59. The lowest BCUT2D eigenvalue weighted by Crippen LogP contribution is -2.38. The highest BCUT2D eigenvalue weighted by Crippen LogP contribution is 2.10. The number of halogens is 1. The Labute approximate surface area is 113 Å². The predicted molar refractivity (Wildman–Crippen MR) is 74.6 cm³/mol. The number of nitrogens with zero attached hydrogens (tertiary/aromatic N) is 3. The van der Waals surface area contributed by atoms with Gasteiger partial charge in [0.25, 0.3) is 0 Å². The van der Waals surface area contributed by atoms with Crippen LogP contribution in [-0.4, -0.2) is 28.9 Å². The van der Waals surface area contributed by atoms with Gasteiger partial charge >= 0.3 is 0 Å². The van der Waals surface area contributed by atoms with Gasteiger partial charge < -0.3 is 10.6 Å². The average molecular weight is 267 g/mol. The van der Waals surface area contributed by atoms with Crippen LogP contribution in [-0.2, 0) is 6.54 Å². The zero-order chi connectivity index (χ0) is 12.8. The molecule has 1 aliphatic rings. The van der Waals surface area contributed by atoms with E-state index in [2.05, 4.69) is 14.9 Å². The first kappa shape index (κ1) is 13.1. The topological polar surface area (TPSA) is 54.5 Å². The number of guanidine groups is 1. The number of hydrogen-bond donors (Lipinski definition) is 1. The van der Waals surface area contributed by atoms with Crippen LogP contribution in [0.15, 0.2) is 23.3 Å². The van der Waals surface area contributed by atoms with Crippen LogP contribution in [0.4, 0.5) is 0 Å². The molecule has 5 heteroatoms. The Balaban J connectivity index is 1.93. The zero-order valence-corrected chi connectivity index (χ0v) is 11.2. The molecule has 1 aromatic heterocycles. The molecule has 98 valence electrons. The van der Waals surface area contributed by atoms with E-state index in [0.29, 0.717) is 17.5 Å². The highest BCUT2D eigenvalue weighted by molar-refractivity contribution is 6.30. The van der Waals surface area contributed by atoms with Gasteiger partial charge in [-0.2, -0.15) is 0 Å². The van der Waals surface area contributed by atoms with Gasteiger partial charge in [0.1, 0.15) is 0 Å². The summed E-state index contributed by atoms with van der Waals surface area (Å²) in [6.07, 6.45) is 6.63. The molecule has 1 aliphatic heterocycles. The van der Waals surface area contributed by atoms with Crippen LogP contribution in [0.3, 0.4) is 0 Å². The van der Waals surface area contributed by atoms with Crippen molar-refractivity contribution in [1.82, 2.24) is 9.88 Å². The maximum absolute atomic E-state index is 6.02. The summed E-state index contributed by atoms with van der Waals surface area (Å²) in [6, 6.07) is 3.70. The molecule has 1 fully saturated rings. The van der Waals surface area contributed by atoms with Gasteiger partial charge in [-0.1, -0.05) is 24.4 Å². The molecule has 0 radical (unpaired) electrons. The number of aromatic nitrogens is 1. The van der Waals surface area contributed by atoms with Crippen molar-refractivity contribution >= 4 is 17.6 Å². The number of likely N-dealkylation sites (tertiary alicyclic amines) is 1.